The van der Waals surface area contributed by atoms with Gasteiger partial charge in [-0.05, 0) is 44.5 Å². The zero-order valence-electron chi connectivity index (χ0n) is 17.1. The van der Waals surface area contributed by atoms with Gasteiger partial charge in [-0.1, -0.05) is 36.4 Å². The van der Waals surface area contributed by atoms with Gasteiger partial charge in [-0.2, -0.15) is 0 Å². The summed E-state index contributed by atoms with van der Waals surface area (Å²) < 4.78 is 5.29. The molecule has 0 aromatic heterocycles. The molecule has 7 heteroatoms. The van der Waals surface area contributed by atoms with Gasteiger partial charge in [-0.15, -0.1) is 0 Å². The number of ether oxygens (including phenoxy) is 1. The lowest BCUT2D eigenvalue weighted by Crippen LogP contribution is -2.47. The molecule has 0 spiro atoms. The Morgan fingerprint density at radius 1 is 0.931 bits per heavy atom. The molecule has 29 heavy (non-hydrogen) atoms. The molecule has 1 atom stereocenters. The molecule has 3 N–H and O–H groups in total. The van der Waals surface area contributed by atoms with Crippen molar-refractivity contribution in [2.45, 2.75) is 45.8 Å². The van der Waals surface area contributed by atoms with Crippen LogP contribution in [0.15, 0.2) is 54.6 Å². The molecule has 2 aromatic carbocycles. The molecule has 0 fully saturated rings. The van der Waals surface area contributed by atoms with Gasteiger partial charge < -0.3 is 20.7 Å². The van der Waals surface area contributed by atoms with Gasteiger partial charge in [0.05, 0.1) is 0 Å². The molecular weight excluding hydrogens is 370 g/mol. The maximum Gasteiger partial charge on any atom is 0.408 e. The number of carbonyl (C=O) groups excluding carboxylic acids is 3. The lowest BCUT2D eigenvalue weighted by Gasteiger charge is -2.23. The van der Waals surface area contributed by atoms with Gasteiger partial charge in [0.15, 0.2) is 0 Å². The second-order valence-electron chi connectivity index (χ2n) is 7.64. The van der Waals surface area contributed by atoms with Crippen molar-refractivity contribution in [1.29, 1.82) is 0 Å². The normalized spacial score (nSPS) is 11.9. The van der Waals surface area contributed by atoms with E-state index < -0.39 is 17.7 Å². The number of rotatable bonds is 6. The molecule has 1 unspecified atom stereocenters. The highest BCUT2D eigenvalue weighted by atomic mass is 16.6. The van der Waals surface area contributed by atoms with Crippen molar-refractivity contribution in [3.63, 3.8) is 0 Å². The molecule has 0 heterocycles. The van der Waals surface area contributed by atoms with E-state index in [1.54, 1.807) is 45.0 Å². The fraction of sp³-hybridized carbons (Fsp3) is 0.318. The predicted octanol–water partition coefficient (Wildman–Crippen LogP) is 3.72. The third-order valence-electron chi connectivity index (χ3n) is 3.74. The number of carbonyl (C=O) groups is 3. The van der Waals surface area contributed by atoms with Gasteiger partial charge in [0.1, 0.15) is 11.6 Å². The Balaban J connectivity index is 2.15. The first-order valence-electron chi connectivity index (χ1n) is 9.34. The lowest BCUT2D eigenvalue weighted by atomic mass is 10.1. The van der Waals surface area contributed by atoms with E-state index in [1.807, 2.05) is 30.3 Å². The van der Waals surface area contributed by atoms with Gasteiger partial charge in [-0.25, -0.2) is 4.79 Å². The Morgan fingerprint density at radius 3 is 2.14 bits per heavy atom. The summed E-state index contributed by atoms with van der Waals surface area (Å²) in [4.78, 5) is 36.3. The molecule has 2 rings (SSSR count). The first kappa shape index (κ1) is 21.9. The summed E-state index contributed by atoms with van der Waals surface area (Å²) in [6.07, 6.45) is -0.363. The van der Waals surface area contributed by atoms with Crippen LogP contribution in [0.25, 0.3) is 0 Å². The Bertz CT molecular complexity index is 860. The number of alkyl carbamates (subject to hydrolysis) is 1. The monoisotopic (exact) mass is 397 g/mol. The minimum absolute atomic E-state index is 0.206. The quantitative estimate of drug-likeness (QED) is 0.692. The molecule has 154 valence electrons. The molecule has 0 saturated heterocycles. The maximum absolute atomic E-state index is 12.9. The van der Waals surface area contributed by atoms with Crippen LogP contribution in [0.4, 0.5) is 16.2 Å². The van der Waals surface area contributed by atoms with Gasteiger partial charge in [0.2, 0.25) is 11.8 Å². The average Bonchev–Trinajstić information content (AvgIpc) is 2.60. The molecule has 0 saturated carbocycles. The number of hydrogen-bond donors (Lipinski definition) is 3. The van der Waals surface area contributed by atoms with E-state index in [-0.39, 0.29) is 11.8 Å². The van der Waals surface area contributed by atoms with Crippen LogP contribution in [0, 0.1) is 0 Å². The minimum Gasteiger partial charge on any atom is -0.444 e. The molecule has 0 aliphatic carbocycles. The fourth-order valence-electron chi connectivity index (χ4n) is 2.62. The number of amides is 3. The van der Waals surface area contributed by atoms with E-state index in [4.69, 9.17) is 4.74 Å². The summed E-state index contributed by atoms with van der Waals surface area (Å²) in [6, 6.07) is 15.3. The highest BCUT2D eigenvalue weighted by molar-refractivity contribution is 5.97. The smallest absolute Gasteiger partial charge is 0.408 e. The van der Waals surface area contributed by atoms with Crippen LogP contribution in [0.1, 0.15) is 33.3 Å². The molecular formula is C22H27N3O4. The van der Waals surface area contributed by atoms with Crippen LogP contribution in [0.3, 0.4) is 0 Å². The second kappa shape index (κ2) is 9.73. The van der Waals surface area contributed by atoms with E-state index >= 15 is 0 Å². The molecule has 0 bridgehead atoms. The van der Waals surface area contributed by atoms with Crippen molar-refractivity contribution in [3.8, 4) is 0 Å². The van der Waals surface area contributed by atoms with Gasteiger partial charge in [0.25, 0.3) is 0 Å². The van der Waals surface area contributed by atoms with E-state index in [2.05, 4.69) is 16.0 Å². The van der Waals surface area contributed by atoms with Gasteiger partial charge in [0, 0.05) is 24.7 Å². The zero-order chi connectivity index (χ0) is 21.4. The molecule has 3 amide bonds. The summed E-state index contributed by atoms with van der Waals surface area (Å²) in [5, 5.41) is 8.10. The van der Waals surface area contributed by atoms with E-state index in [1.165, 1.54) is 6.92 Å². The first-order chi connectivity index (χ1) is 13.6. The molecule has 0 aliphatic heterocycles. The highest BCUT2D eigenvalue weighted by Crippen LogP contribution is 2.16. The fourth-order valence-corrected chi connectivity index (χ4v) is 2.62. The Hall–Kier alpha value is -3.35. The van der Waals surface area contributed by atoms with Crippen LogP contribution in [0.2, 0.25) is 0 Å². The van der Waals surface area contributed by atoms with Crippen LogP contribution in [-0.4, -0.2) is 29.6 Å². The number of anilines is 2. The Kier molecular flexibility index (Phi) is 7.36. The SMILES string of the molecule is CC(=O)Nc1cccc(NC(=O)C(Cc2ccccc2)NC(=O)OC(C)(C)C)c1. The summed E-state index contributed by atoms with van der Waals surface area (Å²) in [5.74, 6) is -0.596. The summed E-state index contributed by atoms with van der Waals surface area (Å²) >= 11 is 0. The second-order valence-corrected chi connectivity index (χ2v) is 7.64. The van der Waals surface area contributed by atoms with Gasteiger partial charge in [-0.3, -0.25) is 9.59 Å². The largest absolute Gasteiger partial charge is 0.444 e. The standard InChI is InChI=1S/C22H27N3O4/c1-15(26)23-17-11-8-12-18(14-17)24-20(27)19(13-16-9-6-5-7-10-16)25-21(28)29-22(2,3)4/h5-12,14,19H,13H2,1-4H3,(H,23,26)(H,24,27)(H,25,28). The summed E-state index contributed by atoms with van der Waals surface area (Å²) in [5.41, 5.74) is 1.29. The summed E-state index contributed by atoms with van der Waals surface area (Å²) in [7, 11) is 0. The van der Waals surface area contributed by atoms with Crippen molar-refractivity contribution in [3.05, 3.63) is 60.2 Å². The first-order valence-corrected chi connectivity index (χ1v) is 9.34. The zero-order valence-corrected chi connectivity index (χ0v) is 17.1. The van der Waals surface area contributed by atoms with Crippen molar-refractivity contribution >= 4 is 29.3 Å². The van der Waals surface area contributed by atoms with Crippen molar-refractivity contribution in [2.75, 3.05) is 10.6 Å². The van der Waals surface area contributed by atoms with E-state index in [0.717, 1.165) is 5.56 Å². The molecule has 0 radical (unpaired) electrons. The third-order valence-corrected chi connectivity index (χ3v) is 3.74. The highest BCUT2D eigenvalue weighted by Gasteiger charge is 2.25. The van der Waals surface area contributed by atoms with Crippen molar-refractivity contribution < 1.29 is 19.1 Å². The van der Waals surface area contributed by atoms with Crippen LogP contribution in [-0.2, 0) is 20.7 Å². The number of nitrogens with one attached hydrogen (secondary N) is 3. The van der Waals surface area contributed by atoms with Crippen molar-refractivity contribution in [2.24, 2.45) is 0 Å². The van der Waals surface area contributed by atoms with E-state index in [0.29, 0.717) is 17.8 Å². The van der Waals surface area contributed by atoms with Crippen molar-refractivity contribution in [1.82, 2.24) is 5.32 Å². The third kappa shape index (κ3) is 8.04. The predicted molar refractivity (Wildman–Crippen MR) is 113 cm³/mol. The number of benzene rings is 2. The van der Waals surface area contributed by atoms with Crippen LogP contribution in [0.5, 0.6) is 0 Å². The lowest BCUT2D eigenvalue weighted by molar-refractivity contribution is -0.118. The van der Waals surface area contributed by atoms with Crippen LogP contribution < -0.4 is 16.0 Å². The number of hydrogen-bond acceptors (Lipinski definition) is 4. The average molecular weight is 397 g/mol. The molecule has 7 nitrogen and oxygen atoms in total. The maximum atomic E-state index is 12.9. The Labute approximate surface area is 170 Å². The van der Waals surface area contributed by atoms with Gasteiger partial charge >= 0.3 is 6.09 Å². The molecule has 2 aromatic rings. The topological polar surface area (TPSA) is 96.5 Å². The summed E-state index contributed by atoms with van der Waals surface area (Å²) in [6.45, 7) is 6.68. The molecule has 0 aliphatic rings. The minimum atomic E-state index is -0.836. The Morgan fingerprint density at radius 2 is 1.55 bits per heavy atom. The van der Waals surface area contributed by atoms with Crippen LogP contribution >= 0.6 is 0 Å². The van der Waals surface area contributed by atoms with E-state index in [9.17, 15) is 14.4 Å².